The lowest BCUT2D eigenvalue weighted by Crippen LogP contribution is -2.41. The van der Waals surface area contributed by atoms with Gasteiger partial charge in [-0.15, -0.1) is 0 Å². The Hall–Kier alpha value is -2.56. The molecule has 2 aliphatic rings. The molecule has 1 saturated heterocycles. The van der Waals surface area contributed by atoms with Crippen molar-refractivity contribution in [3.05, 3.63) is 59.4 Å². The van der Waals surface area contributed by atoms with Gasteiger partial charge in [0, 0.05) is 31.0 Å². The Balaban J connectivity index is 1.39. The number of halogens is 1. The molecule has 5 heteroatoms. The molecule has 0 spiro atoms. The number of benzene rings is 2. The van der Waals surface area contributed by atoms with Crippen molar-refractivity contribution in [3.8, 4) is 11.5 Å². The Morgan fingerprint density at radius 3 is 3.00 bits per heavy atom. The molecule has 1 amide bonds. The summed E-state index contributed by atoms with van der Waals surface area (Å²) in [7, 11) is 0. The second-order valence-electron chi connectivity index (χ2n) is 7.46. The predicted molar refractivity (Wildman–Crippen MR) is 101 cm³/mol. The molecule has 4 nitrogen and oxygen atoms in total. The molecule has 2 aromatic carbocycles. The van der Waals surface area contributed by atoms with Crippen molar-refractivity contribution in [1.82, 2.24) is 4.90 Å². The van der Waals surface area contributed by atoms with Crippen LogP contribution in [0.1, 0.15) is 35.7 Å². The van der Waals surface area contributed by atoms with Crippen LogP contribution in [-0.2, 0) is 6.42 Å². The van der Waals surface area contributed by atoms with E-state index in [4.69, 9.17) is 9.47 Å². The van der Waals surface area contributed by atoms with Crippen LogP contribution in [-0.4, -0.2) is 36.6 Å². The fraction of sp³-hybridized carbons (Fsp3) is 0.409. The number of nitrogens with zero attached hydrogens (tertiary/aromatic N) is 1. The quantitative estimate of drug-likeness (QED) is 0.815. The molecule has 0 radical (unpaired) electrons. The lowest BCUT2D eigenvalue weighted by molar-refractivity contribution is 0.0631. The zero-order valence-corrected chi connectivity index (χ0v) is 15.5. The van der Waals surface area contributed by atoms with Crippen LogP contribution in [0.3, 0.4) is 0 Å². The minimum Gasteiger partial charge on any atom is -0.490 e. The Labute approximate surface area is 158 Å². The van der Waals surface area contributed by atoms with Gasteiger partial charge in [-0.3, -0.25) is 4.79 Å². The molecular formula is C22H24FNO3. The number of para-hydroxylation sites is 1. The average molecular weight is 369 g/mol. The summed E-state index contributed by atoms with van der Waals surface area (Å²) >= 11 is 0. The first-order chi connectivity index (χ1) is 13.1. The summed E-state index contributed by atoms with van der Waals surface area (Å²) in [6.07, 6.45) is 2.92. The van der Waals surface area contributed by atoms with E-state index in [0.717, 1.165) is 37.1 Å². The summed E-state index contributed by atoms with van der Waals surface area (Å²) < 4.78 is 25.1. The summed E-state index contributed by atoms with van der Waals surface area (Å²) in [4.78, 5) is 14.8. The van der Waals surface area contributed by atoms with Crippen molar-refractivity contribution in [2.45, 2.75) is 32.3 Å². The number of rotatable bonds is 4. The van der Waals surface area contributed by atoms with Crippen LogP contribution >= 0.6 is 0 Å². The monoisotopic (exact) mass is 369 g/mol. The highest BCUT2D eigenvalue weighted by Crippen LogP contribution is 2.30. The molecule has 2 atom stereocenters. The van der Waals surface area contributed by atoms with E-state index in [1.807, 2.05) is 30.0 Å². The smallest absolute Gasteiger partial charge is 0.253 e. The van der Waals surface area contributed by atoms with E-state index in [2.05, 4.69) is 0 Å². The highest BCUT2D eigenvalue weighted by Gasteiger charge is 2.27. The van der Waals surface area contributed by atoms with Crippen molar-refractivity contribution in [2.75, 3.05) is 19.7 Å². The van der Waals surface area contributed by atoms with Crippen molar-refractivity contribution in [1.29, 1.82) is 0 Å². The molecular weight excluding hydrogens is 345 g/mol. The van der Waals surface area contributed by atoms with Gasteiger partial charge in [-0.2, -0.15) is 0 Å². The van der Waals surface area contributed by atoms with E-state index in [9.17, 15) is 9.18 Å². The molecule has 2 aliphatic heterocycles. The van der Waals surface area contributed by atoms with Gasteiger partial charge in [0.25, 0.3) is 5.91 Å². The number of likely N-dealkylation sites (tertiary alicyclic amines) is 1. The number of hydrogen-bond donors (Lipinski definition) is 0. The van der Waals surface area contributed by atoms with Crippen LogP contribution in [0.2, 0.25) is 0 Å². The Morgan fingerprint density at radius 1 is 1.30 bits per heavy atom. The number of piperidine rings is 1. The summed E-state index contributed by atoms with van der Waals surface area (Å²) in [6.45, 7) is 3.84. The van der Waals surface area contributed by atoms with Crippen molar-refractivity contribution in [2.24, 2.45) is 5.92 Å². The highest BCUT2D eigenvalue weighted by molar-refractivity contribution is 5.94. The molecule has 0 aliphatic carbocycles. The van der Waals surface area contributed by atoms with E-state index >= 15 is 0 Å². The van der Waals surface area contributed by atoms with Crippen molar-refractivity contribution >= 4 is 5.91 Å². The van der Waals surface area contributed by atoms with Crippen molar-refractivity contribution in [3.63, 3.8) is 0 Å². The molecule has 0 aromatic heterocycles. The molecule has 0 bridgehead atoms. The molecule has 1 fully saturated rings. The molecule has 2 aromatic rings. The minimum absolute atomic E-state index is 0.0490. The first-order valence-corrected chi connectivity index (χ1v) is 9.56. The van der Waals surface area contributed by atoms with E-state index < -0.39 is 0 Å². The minimum atomic E-state index is -0.351. The topological polar surface area (TPSA) is 38.8 Å². The van der Waals surface area contributed by atoms with E-state index in [1.165, 1.54) is 6.07 Å². The van der Waals surface area contributed by atoms with Gasteiger partial charge in [0.1, 0.15) is 11.9 Å². The second-order valence-corrected chi connectivity index (χ2v) is 7.46. The Morgan fingerprint density at radius 2 is 2.15 bits per heavy atom. The third-order valence-corrected chi connectivity index (χ3v) is 5.26. The number of carbonyl (C=O) groups excluding carboxylic acids is 1. The van der Waals surface area contributed by atoms with Crippen LogP contribution < -0.4 is 9.47 Å². The third-order valence-electron chi connectivity index (χ3n) is 5.26. The van der Waals surface area contributed by atoms with E-state index in [-0.39, 0.29) is 29.5 Å². The molecule has 0 N–H and O–H groups in total. The Kier molecular flexibility index (Phi) is 5.01. The van der Waals surface area contributed by atoms with Gasteiger partial charge in [-0.1, -0.05) is 12.1 Å². The molecule has 27 heavy (non-hydrogen) atoms. The third kappa shape index (κ3) is 3.92. The van der Waals surface area contributed by atoms with E-state index in [1.54, 1.807) is 18.2 Å². The van der Waals surface area contributed by atoms with Crippen LogP contribution in [0.4, 0.5) is 4.39 Å². The predicted octanol–water partition coefficient (Wildman–Crippen LogP) is 4.08. The van der Waals surface area contributed by atoms with Crippen LogP contribution in [0.25, 0.3) is 0 Å². The lowest BCUT2D eigenvalue weighted by Gasteiger charge is -2.32. The zero-order chi connectivity index (χ0) is 18.8. The van der Waals surface area contributed by atoms with Gasteiger partial charge in [0.15, 0.2) is 11.6 Å². The van der Waals surface area contributed by atoms with Crippen molar-refractivity contribution < 1.29 is 18.7 Å². The standard InChI is InChI=1S/C22H24FNO3/c1-15-11-18-12-17(8-9-20(18)27-15)22(25)24-10-4-5-16(13-24)14-26-21-7-3-2-6-19(21)23/h2-3,6-9,12,15-16H,4-5,10-11,13-14H2,1H3/t15-,16-/m1/s1. The van der Waals surface area contributed by atoms with Crippen LogP contribution in [0.5, 0.6) is 11.5 Å². The molecule has 2 heterocycles. The van der Waals surface area contributed by atoms with Gasteiger partial charge in [0.2, 0.25) is 0 Å². The maximum Gasteiger partial charge on any atom is 0.253 e. The molecule has 0 saturated carbocycles. The summed E-state index contributed by atoms with van der Waals surface area (Å²) in [6, 6.07) is 12.1. The fourth-order valence-corrected chi connectivity index (χ4v) is 3.89. The van der Waals surface area contributed by atoms with Crippen LogP contribution in [0, 0.1) is 11.7 Å². The molecule has 142 valence electrons. The summed E-state index contributed by atoms with van der Waals surface area (Å²) in [5.74, 6) is 1.06. The number of hydrogen-bond acceptors (Lipinski definition) is 3. The maximum absolute atomic E-state index is 13.7. The first kappa shape index (κ1) is 17.8. The van der Waals surface area contributed by atoms with Gasteiger partial charge in [0.05, 0.1) is 6.61 Å². The maximum atomic E-state index is 13.7. The highest BCUT2D eigenvalue weighted by atomic mass is 19.1. The second kappa shape index (κ2) is 7.59. The molecule has 4 rings (SSSR count). The lowest BCUT2D eigenvalue weighted by atomic mass is 9.97. The largest absolute Gasteiger partial charge is 0.490 e. The summed E-state index contributed by atoms with van der Waals surface area (Å²) in [5.41, 5.74) is 1.81. The van der Waals surface area contributed by atoms with Gasteiger partial charge in [-0.25, -0.2) is 4.39 Å². The number of amides is 1. The van der Waals surface area contributed by atoms with Gasteiger partial charge >= 0.3 is 0 Å². The van der Waals surface area contributed by atoms with Gasteiger partial charge < -0.3 is 14.4 Å². The van der Waals surface area contributed by atoms with E-state index in [0.29, 0.717) is 18.7 Å². The normalized spacial score (nSPS) is 21.5. The average Bonchev–Trinajstić information content (AvgIpc) is 3.06. The fourth-order valence-electron chi connectivity index (χ4n) is 3.89. The van der Waals surface area contributed by atoms with Crippen LogP contribution in [0.15, 0.2) is 42.5 Å². The SMILES string of the molecule is C[C@@H]1Cc2cc(C(=O)N3CCC[C@@H](COc4ccccc4F)C3)ccc2O1. The number of fused-ring (bicyclic) bond motifs is 1. The number of carbonyl (C=O) groups is 1. The van der Waals surface area contributed by atoms with Gasteiger partial charge in [-0.05, 0) is 55.7 Å². The first-order valence-electron chi connectivity index (χ1n) is 9.56. The Bertz CT molecular complexity index is 838. The molecule has 0 unspecified atom stereocenters. The number of ether oxygens (including phenoxy) is 2. The summed E-state index contributed by atoms with van der Waals surface area (Å²) in [5, 5.41) is 0. The zero-order valence-electron chi connectivity index (χ0n) is 15.5.